The number of aliphatic hydroxyl groups is 1. The summed E-state index contributed by atoms with van der Waals surface area (Å²) in [5.74, 6) is 0. The van der Waals surface area contributed by atoms with Crippen LogP contribution in [0.5, 0.6) is 0 Å². The zero-order chi connectivity index (χ0) is 8.55. The van der Waals surface area contributed by atoms with Crippen molar-refractivity contribution in [1.29, 1.82) is 0 Å². The summed E-state index contributed by atoms with van der Waals surface area (Å²) in [6, 6.07) is 0.288. The Hall–Kier alpha value is -0.610. The summed E-state index contributed by atoms with van der Waals surface area (Å²) in [7, 11) is 1.99. The Morgan fingerprint density at radius 2 is 2.50 bits per heavy atom. The summed E-state index contributed by atoms with van der Waals surface area (Å²) < 4.78 is 0. The Kier molecular flexibility index (Phi) is 2.02. The Bertz CT molecular complexity index is 250. The topological polar surface area (TPSA) is 36.4 Å². The number of likely N-dealkylation sites (N-methyl/N-ethyl adjacent to an activating group) is 1. The SMILES string of the molecule is CN(c1nccs1)C1CCC1O. The molecule has 1 aromatic rings. The van der Waals surface area contributed by atoms with Crippen molar-refractivity contribution in [3.63, 3.8) is 0 Å². The third-order valence-electron chi connectivity index (χ3n) is 2.42. The van der Waals surface area contributed by atoms with E-state index in [9.17, 15) is 5.11 Å². The minimum atomic E-state index is -0.154. The first-order valence-electron chi connectivity index (χ1n) is 4.09. The molecular formula is C8H12N2OS. The first-order chi connectivity index (χ1) is 5.79. The Balaban J connectivity index is 2.05. The highest BCUT2D eigenvalue weighted by Gasteiger charge is 2.33. The van der Waals surface area contributed by atoms with Crippen LogP contribution >= 0.6 is 11.3 Å². The van der Waals surface area contributed by atoms with Gasteiger partial charge >= 0.3 is 0 Å². The van der Waals surface area contributed by atoms with Crippen molar-refractivity contribution < 1.29 is 5.11 Å². The van der Waals surface area contributed by atoms with Gasteiger partial charge in [-0.15, -0.1) is 11.3 Å². The smallest absolute Gasteiger partial charge is 0.185 e. The normalized spacial score (nSPS) is 28.2. The number of aliphatic hydroxyl groups excluding tert-OH is 1. The lowest BCUT2D eigenvalue weighted by atomic mass is 9.88. The zero-order valence-corrected chi connectivity index (χ0v) is 7.79. The van der Waals surface area contributed by atoms with Gasteiger partial charge in [0.15, 0.2) is 5.13 Å². The molecule has 0 aromatic carbocycles. The molecule has 12 heavy (non-hydrogen) atoms. The van der Waals surface area contributed by atoms with Gasteiger partial charge < -0.3 is 10.0 Å². The fourth-order valence-electron chi connectivity index (χ4n) is 1.45. The third kappa shape index (κ3) is 1.21. The zero-order valence-electron chi connectivity index (χ0n) is 6.97. The number of aromatic nitrogens is 1. The van der Waals surface area contributed by atoms with E-state index in [1.807, 2.05) is 12.4 Å². The summed E-state index contributed by atoms with van der Waals surface area (Å²) in [5.41, 5.74) is 0. The van der Waals surface area contributed by atoms with Crippen molar-refractivity contribution >= 4 is 16.5 Å². The van der Waals surface area contributed by atoms with Crippen molar-refractivity contribution in [2.24, 2.45) is 0 Å². The van der Waals surface area contributed by atoms with Crippen molar-refractivity contribution in [3.05, 3.63) is 11.6 Å². The van der Waals surface area contributed by atoms with Gasteiger partial charge in [0.25, 0.3) is 0 Å². The summed E-state index contributed by atoms with van der Waals surface area (Å²) in [6.45, 7) is 0. The van der Waals surface area contributed by atoms with E-state index in [-0.39, 0.29) is 12.1 Å². The lowest BCUT2D eigenvalue weighted by Crippen LogP contribution is -2.48. The number of hydrogen-bond acceptors (Lipinski definition) is 4. The van der Waals surface area contributed by atoms with Gasteiger partial charge in [0.2, 0.25) is 0 Å². The van der Waals surface area contributed by atoms with Gasteiger partial charge in [-0.05, 0) is 12.8 Å². The highest BCUT2D eigenvalue weighted by atomic mass is 32.1. The number of rotatable bonds is 2. The van der Waals surface area contributed by atoms with E-state index < -0.39 is 0 Å². The molecule has 66 valence electrons. The van der Waals surface area contributed by atoms with Crippen molar-refractivity contribution in [2.45, 2.75) is 25.0 Å². The maximum Gasteiger partial charge on any atom is 0.185 e. The molecule has 2 rings (SSSR count). The fraction of sp³-hybridized carbons (Fsp3) is 0.625. The quantitative estimate of drug-likeness (QED) is 0.747. The second-order valence-corrected chi connectivity index (χ2v) is 4.01. The minimum absolute atomic E-state index is 0.154. The molecule has 0 saturated heterocycles. The average Bonchev–Trinajstić information content (AvgIpc) is 2.53. The van der Waals surface area contributed by atoms with E-state index in [0.29, 0.717) is 0 Å². The van der Waals surface area contributed by atoms with Crippen molar-refractivity contribution in [2.75, 3.05) is 11.9 Å². The molecule has 0 aliphatic heterocycles. The maximum absolute atomic E-state index is 9.41. The second kappa shape index (κ2) is 3.03. The molecule has 1 aliphatic carbocycles. The van der Waals surface area contributed by atoms with Gasteiger partial charge in [0.05, 0.1) is 12.1 Å². The number of anilines is 1. The Morgan fingerprint density at radius 3 is 2.92 bits per heavy atom. The molecule has 0 amide bonds. The Morgan fingerprint density at radius 1 is 1.67 bits per heavy atom. The fourth-order valence-corrected chi connectivity index (χ4v) is 2.12. The van der Waals surface area contributed by atoms with Crippen molar-refractivity contribution in [1.82, 2.24) is 4.98 Å². The van der Waals surface area contributed by atoms with E-state index in [1.165, 1.54) is 0 Å². The molecule has 2 atom stereocenters. The van der Waals surface area contributed by atoms with Crippen LogP contribution in [-0.4, -0.2) is 29.3 Å². The lowest BCUT2D eigenvalue weighted by molar-refractivity contribution is 0.0668. The molecule has 1 aliphatic rings. The van der Waals surface area contributed by atoms with Crippen LogP contribution in [0.4, 0.5) is 5.13 Å². The van der Waals surface area contributed by atoms with Crippen LogP contribution in [0.2, 0.25) is 0 Å². The van der Waals surface area contributed by atoms with E-state index >= 15 is 0 Å². The molecule has 4 heteroatoms. The highest BCUT2D eigenvalue weighted by Crippen LogP contribution is 2.29. The molecule has 1 aromatic heterocycles. The van der Waals surface area contributed by atoms with Crippen LogP contribution in [0, 0.1) is 0 Å². The van der Waals surface area contributed by atoms with Crippen LogP contribution in [-0.2, 0) is 0 Å². The molecule has 0 bridgehead atoms. The second-order valence-electron chi connectivity index (χ2n) is 3.14. The first kappa shape index (κ1) is 8.01. The highest BCUT2D eigenvalue weighted by molar-refractivity contribution is 7.13. The van der Waals surface area contributed by atoms with Gasteiger partial charge in [-0.2, -0.15) is 0 Å². The van der Waals surface area contributed by atoms with Gasteiger partial charge in [-0.1, -0.05) is 0 Å². The van der Waals surface area contributed by atoms with Crippen LogP contribution in [0.3, 0.4) is 0 Å². The average molecular weight is 184 g/mol. The molecule has 1 fully saturated rings. The van der Waals surface area contributed by atoms with Crippen LogP contribution in [0.25, 0.3) is 0 Å². The maximum atomic E-state index is 9.41. The van der Waals surface area contributed by atoms with Crippen LogP contribution in [0.1, 0.15) is 12.8 Å². The van der Waals surface area contributed by atoms with E-state index in [4.69, 9.17) is 0 Å². The lowest BCUT2D eigenvalue weighted by Gasteiger charge is -2.39. The summed E-state index contributed by atoms with van der Waals surface area (Å²) in [6.07, 6.45) is 3.65. The molecule has 0 spiro atoms. The van der Waals surface area contributed by atoms with Crippen LogP contribution < -0.4 is 4.90 Å². The predicted octanol–water partition coefficient (Wildman–Crippen LogP) is 1.10. The minimum Gasteiger partial charge on any atom is -0.391 e. The van der Waals surface area contributed by atoms with Gasteiger partial charge in [0, 0.05) is 18.6 Å². The third-order valence-corrected chi connectivity index (χ3v) is 3.28. The van der Waals surface area contributed by atoms with Gasteiger partial charge in [-0.3, -0.25) is 0 Å². The summed E-state index contributed by atoms with van der Waals surface area (Å²) >= 11 is 1.61. The van der Waals surface area contributed by atoms with Gasteiger partial charge in [0.1, 0.15) is 0 Å². The monoisotopic (exact) mass is 184 g/mol. The van der Waals surface area contributed by atoms with E-state index in [0.717, 1.165) is 18.0 Å². The molecule has 1 N–H and O–H groups in total. The van der Waals surface area contributed by atoms with E-state index in [1.54, 1.807) is 17.5 Å². The van der Waals surface area contributed by atoms with Gasteiger partial charge in [-0.25, -0.2) is 4.98 Å². The molecule has 2 unspecified atom stereocenters. The summed E-state index contributed by atoms with van der Waals surface area (Å²) in [4.78, 5) is 6.26. The summed E-state index contributed by atoms with van der Waals surface area (Å²) in [5, 5.41) is 12.4. The molecule has 1 heterocycles. The predicted molar refractivity (Wildman–Crippen MR) is 49.5 cm³/mol. The molecule has 3 nitrogen and oxygen atoms in total. The molecular weight excluding hydrogens is 172 g/mol. The largest absolute Gasteiger partial charge is 0.391 e. The number of nitrogens with zero attached hydrogens (tertiary/aromatic N) is 2. The van der Waals surface area contributed by atoms with Crippen LogP contribution in [0.15, 0.2) is 11.6 Å². The standard InChI is InChI=1S/C8H12N2OS/c1-10(6-2-3-7(6)11)8-9-4-5-12-8/h4-7,11H,2-3H2,1H3. The molecule has 0 radical (unpaired) electrons. The number of thiazole rings is 1. The first-order valence-corrected chi connectivity index (χ1v) is 4.97. The number of hydrogen-bond donors (Lipinski definition) is 1. The Labute approximate surface area is 75.7 Å². The molecule has 1 saturated carbocycles. The van der Waals surface area contributed by atoms with Crippen molar-refractivity contribution in [3.8, 4) is 0 Å². The van der Waals surface area contributed by atoms with E-state index in [2.05, 4.69) is 9.88 Å².